The second-order valence-electron chi connectivity index (χ2n) is 6.95. The third-order valence-corrected chi connectivity index (χ3v) is 4.98. The quantitative estimate of drug-likeness (QED) is 0.793. The zero-order valence-electron chi connectivity index (χ0n) is 16.6. The fraction of sp³-hybridized carbons (Fsp3) is 0.364. The molecule has 0 saturated heterocycles. The van der Waals surface area contributed by atoms with Crippen LogP contribution in [-0.2, 0) is 11.3 Å². The van der Waals surface area contributed by atoms with Crippen LogP contribution in [0.1, 0.15) is 46.3 Å². The topological polar surface area (TPSA) is 73.9 Å². The lowest BCUT2D eigenvalue weighted by molar-refractivity contribution is -0.123. The van der Waals surface area contributed by atoms with Gasteiger partial charge in [0.2, 0.25) is 0 Å². The number of methoxy groups -OCH3 is 2. The van der Waals surface area contributed by atoms with Crippen LogP contribution >= 0.6 is 0 Å². The van der Waals surface area contributed by atoms with Gasteiger partial charge in [0, 0.05) is 13.0 Å². The van der Waals surface area contributed by atoms with E-state index in [2.05, 4.69) is 5.32 Å². The summed E-state index contributed by atoms with van der Waals surface area (Å²) in [6.45, 7) is 4.22. The normalized spacial score (nSPS) is 15.1. The highest BCUT2D eigenvalue weighted by molar-refractivity contribution is 6.04. The first-order valence-corrected chi connectivity index (χ1v) is 9.21. The van der Waals surface area contributed by atoms with E-state index in [-0.39, 0.29) is 24.2 Å². The molecular formula is C22H25NO5. The smallest absolute Gasteiger partial charge is 0.258 e. The largest absolute Gasteiger partial charge is 0.493 e. The van der Waals surface area contributed by atoms with Gasteiger partial charge in [-0.2, -0.15) is 0 Å². The molecule has 1 amide bonds. The number of nitrogens with one attached hydrogen (secondary N) is 1. The number of benzene rings is 2. The summed E-state index contributed by atoms with van der Waals surface area (Å²) >= 11 is 0. The molecule has 1 unspecified atom stereocenters. The predicted octanol–water partition coefficient (Wildman–Crippen LogP) is 3.40. The van der Waals surface area contributed by atoms with Crippen molar-refractivity contribution in [3.8, 4) is 17.2 Å². The second-order valence-corrected chi connectivity index (χ2v) is 6.95. The molecule has 1 atom stereocenters. The highest BCUT2D eigenvalue weighted by Gasteiger charge is 2.31. The Bertz CT molecular complexity index is 906. The van der Waals surface area contributed by atoms with Crippen LogP contribution in [0.3, 0.4) is 0 Å². The zero-order chi connectivity index (χ0) is 20.3. The average molecular weight is 383 g/mol. The lowest BCUT2D eigenvalue weighted by atomic mass is 9.97. The van der Waals surface area contributed by atoms with Gasteiger partial charge in [-0.25, -0.2) is 0 Å². The van der Waals surface area contributed by atoms with Crippen molar-refractivity contribution in [2.24, 2.45) is 0 Å². The molecule has 148 valence electrons. The summed E-state index contributed by atoms with van der Waals surface area (Å²) in [4.78, 5) is 24.5. The van der Waals surface area contributed by atoms with E-state index in [4.69, 9.17) is 14.2 Å². The van der Waals surface area contributed by atoms with Gasteiger partial charge in [0.1, 0.15) is 5.75 Å². The van der Waals surface area contributed by atoms with Crippen LogP contribution in [0, 0.1) is 6.92 Å². The van der Waals surface area contributed by atoms with E-state index >= 15 is 0 Å². The van der Waals surface area contributed by atoms with Gasteiger partial charge in [-0.05, 0) is 47.7 Å². The van der Waals surface area contributed by atoms with Crippen LogP contribution in [0.15, 0.2) is 30.3 Å². The lowest BCUT2D eigenvalue weighted by Gasteiger charge is -2.14. The molecule has 0 radical (unpaired) electrons. The number of rotatable bonds is 7. The third-order valence-electron chi connectivity index (χ3n) is 4.98. The lowest BCUT2D eigenvalue weighted by Crippen LogP contribution is -2.28. The monoisotopic (exact) mass is 383 g/mol. The van der Waals surface area contributed by atoms with E-state index in [9.17, 15) is 9.59 Å². The number of carbonyl (C=O) groups excluding carboxylic acids is 2. The van der Waals surface area contributed by atoms with Gasteiger partial charge in [0.05, 0.1) is 19.8 Å². The second kappa shape index (κ2) is 8.33. The maximum absolute atomic E-state index is 12.3. The van der Waals surface area contributed by atoms with Gasteiger partial charge in [0.15, 0.2) is 23.9 Å². The van der Waals surface area contributed by atoms with Crippen LogP contribution in [-0.4, -0.2) is 32.5 Å². The molecule has 0 heterocycles. The molecule has 1 aliphatic rings. The standard InChI is InChI=1S/C22H25NO5/c1-13-5-7-18(22-16(24)9-14(2)21(13)22)28-12-20(25)23-11-15-6-8-17(26-3)19(10-15)27-4/h5-8,10,14H,9,11-12H2,1-4H3,(H,23,25). The molecule has 6 heteroatoms. The fourth-order valence-corrected chi connectivity index (χ4v) is 3.61. The molecule has 2 aromatic rings. The Morgan fingerprint density at radius 2 is 1.82 bits per heavy atom. The van der Waals surface area contributed by atoms with Crippen molar-refractivity contribution in [2.45, 2.75) is 32.7 Å². The Kier molecular flexibility index (Phi) is 5.87. The number of ketones is 1. The molecule has 2 aromatic carbocycles. The molecule has 0 fully saturated rings. The summed E-state index contributed by atoms with van der Waals surface area (Å²) in [6.07, 6.45) is 0.488. The minimum Gasteiger partial charge on any atom is -0.493 e. The molecule has 0 spiro atoms. The summed E-state index contributed by atoms with van der Waals surface area (Å²) in [6, 6.07) is 9.16. The van der Waals surface area contributed by atoms with Crippen molar-refractivity contribution in [3.05, 3.63) is 52.6 Å². The van der Waals surface area contributed by atoms with Crippen LogP contribution in [0.2, 0.25) is 0 Å². The van der Waals surface area contributed by atoms with Gasteiger partial charge in [-0.3, -0.25) is 9.59 Å². The minimum atomic E-state index is -0.261. The highest BCUT2D eigenvalue weighted by Crippen LogP contribution is 2.40. The van der Waals surface area contributed by atoms with Crippen LogP contribution in [0.5, 0.6) is 17.2 Å². The number of Topliss-reactive ketones (excluding diaryl/α,β-unsaturated/α-hetero) is 1. The Morgan fingerprint density at radius 3 is 2.54 bits per heavy atom. The molecule has 0 aromatic heterocycles. The molecule has 6 nitrogen and oxygen atoms in total. The SMILES string of the molecule is COc1ccc(CNC(=O)COc2ccc(C)c3c2C(=O)CC3C)cc1OC. The number of ether oxygens (including phenoxy) is 3. The zero-order valence-corrected chi connectivity index (χ0v) is 16.6. The summed E-state index contributed by atoms with van der Waals surface area (Å²) in [5.41, 5.74) is 3.62. The number of carbonyl (C=O) groups is 2. The van der Waals surface area contributed by atoms with Crippen molar-refractivity contribution in [1.29, 1.82) is 0 Å². The first-order valence-electron chi connectivity index (χ1n) is 9.21. The summed E-state index contributed by atoms with van der Waals surface area (Å²) in [7, 11) is 3.14. The number of amides is 1. The summed E-state index contributed by atoms with van der Waals surface area (Å²) in [5, 5.41) is 2.81. The number of hydrogen-bond donors (Lipinski definition) is 1. The number of aryl methyl sites for hydroxylation is 1. The Morgan fingerprint density at radius 1 is 1.11 bits per heavy atom. The Labute approximate surface area is 164 Å². The van der Waals surface area contributed by atoms with E-state index in [0.29, 0.717) is 35.8 Å². The van der Waals surface area contributed by atoms with Crippen molar-refractivity contribution in [1.82, 2.24) is 5.32 Å². The van der Waals surface area contributed by atoms with E-state index in [1.807, 2.05) is 32.0 Å². The molecule has 0 aliphatic heterocycles. The molecule has 3 rings (SSSR count). The molecule has 0 saturated carbocycles. The van der Waals surface area contributed by atoms with E-state index < -0.39 is 0 Å². The minimum absolute atomic E-state index is 0.0759. The van der Waals surface area contributed by atoms with Crippen molar-refractivity contribution >= 4 is 11.7 Å². The maximum atomic E-state index is 12.3. The average Bonchev–Trinajstić information content (AvgIpc) is 3.00. The van der Waals surface area contributed by atoms with Crippen LogP contribution in [0.4, 0.5) is 0 Å². The third kappa shape index (κ3) is 3.96. The fourth-order valence-electron chi connectivity index (χ4n) is 3.61. The first kappa shape index (κ1) is 19.7. The van der Waals surface area contributed by atoms with Crippen LogP contribution < -0.4 is 19.5 Å². The van der Waals surface area contributed by atoms with Crippen LogP contribution in [0.25, 0.3) is 0 Å². The van der Waals surface area contributed by atoms with Crippen molar-refractivity contribution in [3.63, 3.8) is 0 Å². The summed E-state index contributed by atoms with van der Waals surface area (Å²) in [5.74, 6) is 1.72. The summed E-state index contributed by atoms with van der Waals surface area (Å²) < 4.78 is 16.1. The molecule has 0 bridgehead atoms. The Balaban J connectivity index is 1.61. The van der Waals surface area contributed by atoms with Gasteiger partial charge in [-0.15, -0.1) is 0 Å². The van der Waals surface area contributed by atoms with E-state index in [1.54, 1.807) is 26.4 Å². The first-order chi connectivity index (χ1) is 13.4. The number of hydrogen-bond acceptors (Lipinski definition) is 5. The molecule has 28 heavy (non-hydrogen) atoms. The number of fused-ring (bicyclic) bond motifs is 1. The van der Waals surface area contributed by atoms with Crippen molar-refractivity contribution < 1.29 is 23.8 Å². The van der Waals surface area contributed by atoms with Gasteiger partial charge < -0.3 is 19.5 Å². The molecular weight excluding hydrogens is 358 g/mol. The highest BCUT2D eigenvalue weighted by atomic mass is 16.5. The molecule has 1 N–H and O–H groups in total. The van der Waals surface area contributed by atoms with Gasteiger partial charge in [0.25, 0.3) is 5.91 Å². The van der Waals surface area contributed by atoms with Crippen molar-refractivity contribution in [2.75, 3.05) is 20.8 Å². The molecule has 1 aliphatic carbocycles. The maximum Gasteiger partial charge on any atom is 0.258 e. The van der Waals surface area contributed by atoms with E-state index in [0.717, 1.165) is 16.7 Å². The van der Waals surface area contributed by atoms with E-state index in [1.165, 1.54) is 0 Å². The Hall–Kier alpha value is -3.02. The predicted molar refractivity (Wildman–Crippen MR) is 105 cm³/mol. The van der Waals surface area contributed by atoms with Gasteiger partial charge >= 0.3 is 0 Å². The van der Waals surface area contributed by atoms with Gasteiger partial charge in [-0.1, -0.05) is 19.1 Å².